The van der Waals surface area contributed by atoms with Crippen molar-refractivity contribution in [1.29, 1.82) is 0 Å². The fourth-order valence-corrected chi connectivity index (χ4v) is 4.81. The molecule has 0 saturated carbocycles. The zero-order valence-corrected chi connectivity index (χ0v) is 21.8. The van der Waals surface area contributed by atoms with Crippen LogP contribution in [0.25, 0.3) is 11.2 Å². The topological polar surface area (TPSA) is 137 Å². The highest BCUT2D eigenvalue weighted by Crippen LogP contribution is 2.44. The van der Waals surface area contributed by atoms with Gasteiger partial charge in [0.05, 0.1) is 15.8 Å². The predicted molar refractivity (Wildman–Crippen MR) is 136 cm³/mol. The number of carbonyl (C=O) groups is 1. The molecule has 2 aliphatic rings. The van der Waals surface area contributed by atoms with E-state index in [4.69, 9.17) is 23.5 Å². The molecular weight excluding hydrogens is 513 g/mol. The number of rotatable bonds is 7. The normalized spacial score (nSPS) is 23.9. The molecule has 38 heavy (non-hydrogen) atoms. The Kier molecular flexibility index (Phi) is 6.44. The molecule has 2 aliphatic heterocycles. The van der Waals surface area contributed by atoms with Crippen molar-refractivity contribution in [2.24, 2.45) is 0 Å². The van der Waals surface area contributed by atoms with Crippen molar-refractivity contribution < 1.29 is 28.3 Å². The molecule has 0 aliphatic carbocycles. The lowest BCUT2D eigenvalue weighted by molar-refractivity contribution is -0.199. The van der Waals surface area contributed by atoms with Gasteiger partial charge in [-0.15, -0.1) is 0 Å². The van der Waals surface area contributed by atoms with E-state index in [0.717, 1.165) is 11.3 Å². The lowest BCUT2D eigenvalue weighted by atomic mass is 10.1. The Morgan fingerprint density at radius 3 is 2.71 bits per heavy atom. The number of aromatic nitrogens is 6. The van der Waals surface area contributed by atoms with Crippen LogP contribution in [0.5, 0.6) is 5.75 Å². The summed E-state index contributed by atoms with van der Waals surface area (Å²) in [7, 11) is 2.23. The molecule has 13 nitrogen and oxygen atoms in total. The van der Waals surface area contributed by atoms with Gasteiger partial charge < -0.3 is 28.8 Å². The highest BCUT2D eigenvalue weighted by atomic mass is 31.0. The Morgan fingerprint density at radius 2 is 1.95 bits per heavy atom. The van der Waals surface area contributed by atoms with Crippen molar-refractivity contribution in [2.45, 2.75) is 50.7 Å². The number of imidazole rings is 2. The van der Waals surface area contributed by atoms with E-state index in [2.05, 4.69) is 34.7 Å². The van der Waals surface area contributed by atoms with Gasteiger partial charge in [-0.3, -0.25) is 4.57 Å². The SMILES string of the molecule is CC1(C)OC2C(O1)[C@@H](COC(=O)n1ccnc1)O[C@H]2n1cnc2c(NCc3ccc(OP)cc3)ncnc21. The highest BCUT2D eigenvalue weighted by Gasteiger charge is 2.56. The number of nitrogens with zero attached hydrogens (tertiary/aromatic N) is 6. The van der Waals surface area contributed by atoms with E-state index >= 15 is 0 Å². The molecule has 0 radical (unpaired) electrons. The first-order chi connectivity index (χ1) is 18.4. The number of hydrogen-bond donors (Lipinski definition) is 1. The van der Waals surface area contributed by atoms with E-state index in [9.17, 15) is 4.79 Å². The van der Waals surface area contributed by atoms with Crippen LogP contribution in [0.2, 0.25) is 0 Å². The second-order valence-electron chi connectivity index (χ2n) is 9.34. The van der Waals surface area contributed by atoms with Gasteiger partial charge in [-0.25, -0.2) is 29.3 Å². The van der Waals surface area contributed by atoms with Crippen molar-refractivity contribution >= 4 is 32.5 Å². The molecule has 2 saturated heterocycles. The van der Waals surface area contributed by atoms with Crippen LogP contribution in [0.1, 0.15) is 25.6 Å². The minimum Gasteiger partial charge on any atom is -0.480 e. The second kappa shape index (κ2) is 9.91. The Bertz CT molecular complexity index is 1430. The van der Waals surface area contributed by atoms with Gasteiger partial charge in [-0.05, 0) is 31.5 Å². The van der Waals surface area contributed by atoms with E-state index in [-0.39, 0.29) is 6.61 Å². The first-order valence-corrected chi connectivity index (χ1v) is 12.4. The molecule has 1 aromatic carbocycles. The minimum atomic E-state index is -0.834. The summed E-state index contributed by atoms with van der Waals surface area (Å²) in [6.07, 6.45) is 4.84. The fraction of sp³-hybridized carbons (Fsp3) is 0.375. The number of benzene rings is 1. The molecule has 5 heterocycles. The molecule has 3 aromatic heterocycles. The molecular formula is C24H26N7O6P. The molecule has 1 N–H and O–H groups in total. The molecule has 4 aromatic rings. The smallest absolute Gasteiger partial charge is 0.419 e. The summed E-state index contributed by atoms with van der Waals surface area (Å²) in [5.74, 6) is 0.510. The van der Waals surface area contributed by atoms with Crippen molar-refractivity contribution in [2.75, 3.05) is 11.9 Å². The molecule has 5 atom stereocenters. The van der Waals surface area contributed by atoms with Gasteiger partial charge in [0.25, 0.3) is 0 Å². The van der Waals surface area contributed by atoms with E-state index in [1.165, 1.54) is 29.6 Å². The molecule has 3 unspecified atom stereocenters. The fourth-order valence-electron chi connectivity index (χ4n) is 4.65. The van der Waals surface area contributed by atoms with E-state index in [1.807, 2.05) is 38.1 Å². The molecule has 198 valence electrons. The second-order valence-corrected chi connectivity index (χ2v) is 9.57. The minimum absolute atomic E-state index is 0.0247. The van der Waals surface area contributed by atoms with E-state index < -0.39 is 36.4 Å². The van der Waals surface area contributed by atoms with Gasteiger partial charge in [0.15, 0.2) is 29.0 Å². The lowest BCUT2D eigenvalue weighted by Crippen LogP contribution is -2.34. The van der Waals surface area contributed by atoms with Gasteiger partial charge in [0.2, 0.25) is 0 Å². The number of anilines is 1. The molecule has 0 spiro atoms. The van der Waals surface area contributed by atoms with Crippen LogP contribution in [0.3, 0.4) is 0 Å². The van der Waals surface area contributed by atoms with Crippen molar-refractivity contribution in [3.63, 3.8) is 0 Å². The lowest BCUT2D eigenvalue weighted by Gasteiger charge is -2.24. The number of hydrogen-bond acceptors (Lipinski definition) is 11. The quantitative estimate of drug-likeness (QED) is 0.347. The van der Waals surface area contributed by atoms with Crippen LogP contribution in [0.15, 0.2) is 55.6 Å². The van der Waals surface area contributed by atoms with E-state index in [0.29, 0.717) is 23.5 Å². The average molecular weight is 539 g/mol. The molecule has 14 heteroatoms. The van der Waals surface area contributed by atoms with Crippen LogP contribution in [-0.2, 0) is 25.5 Å². The summed E-state index contributed by atoms with van der Waals surface area (Å²) in [6, 6.07) is 7.70. The van der Waals surface area contributed by atoms with Crippen LogP contribution in [-0.4, -0.2) is 65.9 Å². The zero-order valence-electron chi connectivity index (χ0n) is 20.6. The summed E-state index contributed by atoms with van der Waals surface area (Å²) < 4.78 is 32.3. The van der Waals surface area contributed by atoms with Crippen LogP contribution in [0.4, 0.5) is 10.6 Å². The number of nitrogens with one attached hydrogen (secondary N) is 1. The zero-order chi connectivity index (χ0) is 26.3. The number of fused-ring (bicyclic) bond motifs is 2. The van der Waals surface area contributed by atoms with Gasteiger partial charge in [-0.2, -0.15) is 0 Å². The Hall–Kier alpha value is -3.64. The maximum atomic E-state index is 12.3. The first kappa shape index (κ1) is 24.7. The number of carbonyl (C=O) groups excluding carboxylic acids is 1. The van der Waals surface area contributed by atoms with Gasteiger partial charge in [-0.1, -0.05) is 12.1 Å². The van der Waals surface area contributed by atoms with Gasteiger partial charge >= 0.3 is 6.09 Å². The largest absolute Gasteiger partial charge is 0.480 e. The van der Waals surface area contributed by atoms with Crippen LogP contribution in [0, 0.1) is 0 Å². The third-order valence-corrected chi connectivity index (χ3v) is 6.64. The average Bonchev–Trinajstić information content (AvgIpc) is 3.70. The molecule has 0 amide bonds. The Morgan fingerprint density at radius 1 is 1.13 bits per heavy atom. The van der Waals surface area contributed by atoms with Gasteiger partial charge in [0.1, 0.15) is 43.3 Å². The van der Waals surface area contributed by atoms with E-state index in [1.54, 1.807) is 10.9 Å². The van der Waals surface area contributed by atoms with Crippen molar-refractivity contribution in [3.8, 4) is 5.75 Å². The van der Waals surface area contributed by atoms with Crippen LogP contribution < -0.4 is 9.84 Å². The summed E-state index contributed by atoms with van der Waals surface area (Å²) in [5.41, 5.74) is 2.21. The first-order valence-electron chi connectivity index (χ1n) is 11.9. The molecule has 6 rings (SSSR count). The molecule has 2 fully saturated rings. The van der Waals surface area contributed by atoms with Crippen LogP contribution >= 0.6 is 9.47 Å². The predicted octanol–water partition coefficient (Wildman–Crippen LogP) is 2.91. The maximum Gasteiger partial charge on any atom is 0.419 e. The number of ether oxygens (including phenoxy) is 4. The Labute approximate surface area is 219 Å². The highest BCUT2D eigenvalue weighted by molar-refractivity contribution is 7.10. The van der Waals surface area contributed by atoms with Gasteiger partial charge in [0, 0.05) is 18.9 Å². The maximum absolute atomic E-state index is 12.3. The third kappa shape index (κ3) is 4.69. The van der Waals surface area contributed by atoms with Crippen molar-refractivity contribution in [1.82, 2.24) is 29.1 Å². The Balaban J connectivity index is 1.21. The molecule has 0 bridgehead atoms. The summed E-state index contributed by atoms with van der Waals surface area (Å²) >= 11 is 0. The summed E-state index contributed by atoms with van der Waals surface area (Å²) in [4.78, 5) is 29.6. The third-order valence-electron chi connectivity index (χ3n) is 6.36. The monoisotopic (exact) mass is 539 g/mol. The summed E-state index contributed by atoms with van der Waals surface area (Å²) in [6.45, 7) is 4.19. The summed E-state index contributed by atoms with van der Waals surface area (Å²) in [5, 5.41) is 3.32. The standard InChI is InChI=1S/C24H26N7O6P/c1-24(2)35-18-16(10-33-23(32)30-8-7-25-12-30)34-22(19(18)36-24)31-13-29-17-20(27-11-28-21(17)31)26-9-14-3-5-15(37-38)6-4-14/h3-8,11-13,16,18-19,22H,9-10,38H2,1-2H3,(H,26,27,28)/t16-,18?,19?,22-/m1/s1. The van der Waals surface area contributed by atoms with Crippen molar-refractivity contribution in [3.05, 3.63) is 61.2 Å².